The third-order valence-corrected chi connectivity index (χ3v) is 4.18. The second kappa shape index (κ2) is 8.29. The SMILES string of the molecule is CCOCC1N=C2C(=CC(C)=CN2N)N1CCOCc1ccccc1. The number of rotatable bonds is 8. The second-order valence-corrected chi connectivity index (χ2v) is 6.13. The number of hydrazine groups is 1. The van der Waals surface area contributed by atoms with Crippen LogP contribution in [-0.4, -0.2) is 48.3 Å². The molecular weight excluding hydrogens is 316 g/mol. The van der Waals surface area contributed by atoms with Crippen LogP contribution in [0.4, 0.5) is 0 Å². The molecule has 0 spiro atoms. The number of hydrogen-bond acceptors (Lipinski definition) is 6. The fourth-order valence-electron chi connectivity index (χ4n) is 2.99. The van der Waals surface area contributed by atoms with E-state index in [1.54, 1.807) is 5.01 Å². The number of fused-ring (bicyclic) bond motifs is 1. The number of aliphatic imine (C=N–C) groups is 1. The molecule has 3 rings (SSSR count). The van der Waals surface area contributed by atoms with Crippen molar-refractivity contribution in [2.75, 3.05) is 26.4 Å². The molecule has 0 bridgehead atoms. The molecule has 0 amide bonds. The molecule has 0 aromatic heterocycles. The van der Waals surface area contributed by atoms with Crippen molar-refractivity contribution in [2.24, 2.45) is 10.8 Å². The Morgan fingerprint density at radius 1 is 1.20 bits per heavy atom. The summed E-state index contributed by atoms with van der Waals surface area (Å²) in [6.45, 7) is 7.20. The van der Waals surface area contributed by atoms with Gasteiger partial charge in [-0.15, -0.1) is 0 Å². The summed E-state index contributed by atoms with van der Waals surface area (Å²) in [5, 5.41) is 1.59. The Hall–Kier alpha value is -2.15. The van der Waals surface area contributed by atoms with Crippen LogP contribution in [-0.2, 0) is 16.1 Å². The van der Waals surface area contributed by atoms with Crippen LogP contribution in [0, 0.1) is 0 Å². The number of nitrogens with zero attached hydrogens (tertiary/aromatic N) is 3. The molecule has 25 heavy (non-hydrogen) atoms. The number of ether oxygens (including phenoxy) is 2. The lowest BCUT2D eigenvalue weighted by molar-refractivity contribution is 0.0629. The lowest BCUT2D eigenvalue weighted by Gasteiger charge is -2.29. The molecule has 1 atom stereocenters. The zero-order chi connectivity index (χ0) is 17.6. The zero-order valence-electron chi connectivity index (χ0n) is 14.9. The van der Waals surface area contributed by atoms with Crippen LogP contribution < -0.4 is 5.84 Å². The van der Waals surface area contributed by atoms with E-state index in [0.29, 0.717) is 26.4 Å². The Morgan fingerprint density at radius 3 is 2.76 bits per heavy atom. The van der Waals surface area contributed by atoms with Gasteiger partial charge in [-0.3, -0.25) is 5.01 Å². The van der Waals surface area contributed by atoms with Gasteiger partial charge in [0.15, 0.2) is 5.84 Å². The number of amidine groups is 1. The van der Waals surface area contributed by atoms with Crippen molar-refractivity contribution in [3.63, 3.8) is 0 Å². The molecule has 6 nitrogen and oxygen atoms in total. The fourth-order valence-corrected chi connectivity index (χ4v) is 2.99. The summed E-state index contributed by atoms with van der Waals surface area (Å²) in [6, 6.07) is 10.2. The van der Waals surface area contributed by atoms with Gasteiger partial charge in [-0.1, -0.05) is 30.3 Å². The summed E-state index contributed by atoms with van der Waals surface area (Å²) in [7, 11) is 0. The van der Waals surface area contributed by atoms with Gasteiger partial charge in [-0.2, -0.15) is 0 Å². The highest BCUT2D eigenvalue weighted by Crippen LogP contribution is 2.26. The van der Waals surface area contributed by atoms with Crippen molar-refractivity contribution >= 4 is 5.84 Å². The van der Waals surface area contributed by atoms with E-state index in [0.717, 1.165) is 23.7 Å². The number of benzene rings is 1. The van der Waals surface area contributed by atoms with Gasteiger partial charge >= 0.3 is 0 Å². The average Bonchev–Trinajstić information content (AvgIpc) is 2.96. The third-order valence-electron chi connectivity index (χ3n) is 4.18. The van der Waals surface area contributed by atoms with Crippen molar-refractivity contribution in [2.45, 2.75) is 26.6 Å². The minimum absolute atomic E-state index is 0.0631. The first-order chi connectivity index (χ1) is 12.2. The maximum absolute atomic E-state index is 6.08. The molecule has 134 valence electrons. The van der Waals surface area contributed by atoms with Crippen molar-refractivity contribution in [1.82, 2.24) is 9.91 Å². The van der Waals surface area contributed by atoms with Gasteiger partial charge in [-0.25, -0.2) is 10.8 Å². The quantitative estimate of drug-likeness (QED) is 0.580. The number of nitrogens with two attached hydrogens (primary N) is 1. The lowest BCUT2D eigenvalue weighted by atomic mass is 10.2. The smallest absolute Gasteiger partial charge is 0.168 e. The maximum Gasteiger partial charge on any atom is 0.168 e. The third kappa shape index (κ3) is 4.28. The first kappa shape index (κ1) is 17.7. The normalized spacial score (nSPS) is 19.5. The monoisotopic (exact) mass is 342 g/mol. The van der Waals surface area contributed by atoms with Crippen molar-refractivity contribution in [3.8, 4) is 0 Å². The summed E-state index contributed by atoms with van der Waals surface area (Å²) in [4.78, 5) is 6.95. The molecule has 0 saturated carbocycles. The standard InChI is InChI=1S/C19H26N4O2/c1-3-24-14-18-21-19-17(11-15(2)12-23(19)20)22(18)9-10-25-13-16-7-5-4-6-8-16/h4-8,11-12,18H,3,9-10,13-14,20H2,1-2H3. The summed E-state index contributed by atoms with van der Waals surface area (Å²) in [5.74, 6) is 6.87. The van der Waals surface area contributed by atoms with Crippen LogP contribution in [0.2, 0.25) is 0 Å². The molecule has 0 saturated heterocycles. The summed E-state index contributed by atoms with van der Waals surface area (Å²) in [5.41, 5.74) is 3.31. The Kier molecular flexibility index (Phi) is 5.86. The van der Waals surface area contributed by atoms with Crippen LogP contribution in [0.1, 0.15) is 19.4 Å². The molecule has 2 heterocycles. The highest BCUT2D eigenvalue weighted by atomic mass is 16.5. The predicted octanol–water partition coefficient (Wildman–Crippen LogP) is 2.26. The van der Waals surface area contributed by atoms with Crippen LogP contribution in [0.5, 0.6) is 0 Å². The van der Waals surface area contributed by atoms with Crippen LogP contribution >= 0.6 is 0 Å². The van der Waals surface area contributed by atoms with Crippen molar-refractivity contribution < 1.29 is 9.47 Å². The van der Waals surface area contributed by atoms with E-state index < -0.39 is 0 Å². The van der Waals surface area contributed by atoms with Gasteiger partial charge in [0.1, 0.15) is 6.17 Å². The molecule has 2 aliphatic rings. The van der Waals surface area contributed by atoms with Crippen molar-refractivity contribution in [1.29, 1.82) is 0 Å². The van der Waals surface area contributed by atoms with E-state index in [-0.39, 0.29) is 6.17 Å². The van der Waals surface area contributed by atoms with E-state index in [1.165, 1.54) is 5.56 Å². The van der Waals surface area contributed by atoms with E-state index in [1.807, 2.05) is 38.2 Å². The van der Waals surface area contributed by atoms with Crippen LogP contribution in [0.25, 0.3) is 0 Å². The van der Waals surface area contributed by atoms with E-state index in [4.69, 9.17) is 20.3 Å². The Bertz CT molecular complexity index is 669. The summed E-state index contributed by atoms with van der Waals surface area (Å²) in [6.07, 6.45) is 3.94. The molecule has 0 fully saturated rings. The Labute approximate surface area is 149 Å². The van der Waals surface area contributed by atoms with Gasteiger partial charge in [0.05, 0.1) is 25.5 Å². The molecule has 0 aliphatic carbocycles. The topological polar surface area (TPSA) is 63.3 Å². The van der Waals surface area contributed by atoms with Gasteiger partial charge < -0.3 is 14.4 Å². The highest BCUT2D eigenvalue weighted by molar-refractivity contribution is 6.01. The number of hydrogen-bond donors (Lipinski definition) is 1. The molecule has 2 aliphatic heterocycles. The van der Waals surface area contributed by atoms with Gasteiger partial charge in [0.25, 0.3) is 0 Å². The van der Waals surface area contributed by atoms with Gasteiger partial charge in [-0.05, 0) is 31.1 Å². The van der Waals surface area contributed by atoms with Crippen LogP contribution in [0.15, 0.2) is 58.9 Å². The minimum atomic E-state index is -0.0631. The largest absolute Gasteiger partial charge is 0.378 e. The first-order valence-electron chi connectivity index (χ1n) is 8.67. The number of allylic oxidation sites excluding steroid dienone is 2. The van der Waals surface area contributed by atoms with Crippen LogP contribution in [0.3, 0.4) is 0 Å². The zero-order valence-corrected chi connectivity index (χ0v) is 14.9. The molecule has 0 radical (unpaired) electrons. The van der Waals surface area contributed by atoms with E-state index >= 15 is 0 Å². The molecule has 6 heteroatoms. The van der Waals surface area contributed by atoms with Crippen molar-refractivity contribution in [3.05, 3.63) is 59.4 Å². The summed E-state index contributed by atoms with van der Waals surface area (Å²) >= 11 is 0. The van der Waals surface area contributed by atoms with Gasteiger partial charge in [0.2, 0.25) is 0 Å². The summed E-state index contributed by atoms with van der Waals surface area (Å²) < 4.78 is 11.4. The molecule has 2 N–H and O–H groups in total. The molecule has 1 aromatic carbocycles. The van der Waals surface area contributed by atoms with E-state index in [2.05, 4.69) is 23.1 Å². The predicted molar refractivity (Wildman–Crippen MR) is 98.4 cm³/mol. The minimum Gasteiger partial charge on any atom is -0.378 e. The molecule has 1 aromatic rings. The fraction of sp³-hybridized carbons (Fsp3) is 0.421. The maximum atomic E-state index is 6.08. The molecular formula is C19H26N4O2. The average molecular weight is 342 g/mol. The molecule has 1 unspecified atom stereocenters. The second-order valence-electron chi connectivity index (χ2n) is 6.13. The Balaban J connectivity index is 1.61. The first-order valence-corrected chi connectivity index (χ1v) is 8.67. The lowest BCUT2D eigenvalue weighted by Crippen LogP contribution is -2.40. The Morgan fingerprint density at radius 2 is 2.00 bits per heavy atom. The highest BCUT2D eigenvalue weighted by Gasteiger charge is 2.34. The van der Waals surface area contributed by atoms with E-state index in [9.17, 15) is 0 Å². The van der Waals surface area contributed by atoms with Gasteiger partial charge in [0, 0.05) is 19.4 Å².